The van der Waals surface area contributed by atoms with Crippen LogP contribution in [0.15, 0.2) is 54.7 Å². The fourth-order valence-corrected chi connectivity index (χ4v) is 2.80. The summed E-state index contributed by atoms with van der Waals surface area (Å²) < 4.78 is 13.2. The molecule has 2 N–H and O–H groups in total. The van der Waals surface area contributed by atoms with Gasteiger partial charge in [0.05, 0.1) is 15.7 Å². The van der Waals surface area contributed by atoms with E-state index < -0.39 is 17.7 Å². The zero-order valence-electron chi connectivity index (χ0n) is 13.5. The van der Waals surface area contributed by atoms with Crippen molar-refractivity contribution in [2.75, 3.05) is 5.32 Å². The van der Waals surface area contributed by atoms with Crippen LogP contribution < -0.4 is 5.32 Å². The molecule has 3 rings (SSSR count). The van der Waals surface area contributed by atoms with Crippen molar-refractivity contribution >= 4 is 40.8 Å². The van der Waals surface area contributed by atoms with E-state index in [1.54, 1.807) is 0 Å². The van der Waals surface area contributed by atoms with E-state index in [1.807, 2.05) is 0 Å². The number of aromatic carboxylic acids is 1. The molecular formula is C19H11Cl2FN2O3. The number of hydrogen-bond donors (Lipinski definition) is 2. The van der Waals surface area contributed by atoms with E-state index in [-0.39, 0.29) is 27.0 Å². The van der Waals surface area contributed by atoms with Gasteiger partial charge in [0.25, 0.3) is 5.91 Å². The molecule has 0 unspecified atom stereocenters. The standard InChI is InChI=1S/C19H11Cl2FN2O3/c20-14-8-12(10-3-5-11(22)6-4-10)13(9-15(14)21)18(25)24-16-2-1-7-23-17(16)19(26)27/h1-9H,(H,24,25)(H,26,27). The molecule has 136 valence electrons. The average molecular weight is 405 g/mol. The van der Waals surface area contributed by atoms with E-state index in [9.17, 15) is 19.1 Å². The number of rotatable bonds is 4. The monoisotopic (exact) mass is 404 g/mol. The highest BCUT2D eigenvalue weighted by molar-refractivity contribution is 6.42. The van der Waals surface area contributed by atoms with Gasteiger partial charge < -0.3 is 10.4 Å². The third kappa shape index (κ3) is 4.07. The summed E-state index contributed by atoms with van der Waals surface area (Å²) in [6, 6.07) is 11.3. The molecule has 3 aromatic rings. The van der Waals surface area contributed by atoms with Crippen molar-refractivity contribution in [3.8, 4) is 11.1 Å². The number of halogens is 3. The average Bonchev–Trinajstić information content (AvgIpc) is 2.64. The minimum atomic E-state index is -1.28. The summed E-state index contributed by atoms with van der Waals surface area (Å²) in [7, 11) is 0. The van der Waals surface area contributed by atoms with Gasteiger partial charge in [-0.05, 0) is 47.5 Å². The van der Waals surface area contributed by atoms with E-state index in [0.717, 1.165) is 0 Å². The molecule has 0 aliphatic carbocycles. The number of hydrogen-bond acceptors (Lipinski definition) is 3. The zero-order chi connectivity index (χ0) is 19.6. The van der Waals surface area contributed by atoms with Gasteiger partial charge in [-0.25, -0.2) is 14.2 Å². The number of carboxylic acid groups (broad SMARTS) is 1. The van der Waals surface area contributed by atoms with Crippen LogP contribution in [-0.2, 0) is 0 Å². The lowest BCUT2D eigenvalue weighted by Gasteiger charge is -2.13. The zero-order valence-corrected chi connectivity index (χ0v) is 15.1. The molecule has 0 aliphatic rings. The Morgan fingerprint density at radius 3 is 2.37 bits per heavy atom. The van der Waals surface area contributed by atoms with E-state index in [0.29, 0.717) is 11.1 Å². The Morgan fingerprint density at radius 2 is 1.70 bits per heavy atom. The smallest absolute Gasteiger partial charge is 0.356 e. The Morgan fingerprint density at radius 1 is 1.04 bits per heavy atom. The largest absolute Gasteiger partial charge is 0.476 e. The molecule has 0 atom stereocenters. The topological polar surface area (TPSA) is 79.3 Å². The molecule has 0 saturated carbocycles. The van der Waals surface area contributed by atoms with Crippen LogP contribution in [0.4, 0.5) is 10.1 Å². The van der Waals surface area contributed by atoms with Crippen molar-refractivity contribution in [1.29, 1.82) is 0 Å². The number of carbonyl (C=O) groups excluding carboxylic acids is 1. The quantitative estimate of drug-likeness (QED) is 0.630. The molecule has 0 aliphatic heterocycles. The fourth-order valence-electron chi connectivity index (χ4n) is 2.47. The highest BCUT2D eigenvalue weighted by Gasteiger charge is 2.19. The van der Waals surface area contributed by atoms with Gasteiger partial charge in [0.1, 0.15) is 5.82 Å². The van der Waals surface area contributed by atoms with E-state index in [2.05, 4.69) is 10.3 Å². The van der Waals surface area contributed by atoms with Gasteiger partial charge in [-0.1, -0.05) is 35.3 Å². The first kappa shape index (κ1) is 18.8. The summed E-state index contributed by atoms with van der Waals surface area (Å²) in [6.45, 7) is 0. The van der Waals surface area contributed by atoms with Crippen LogP contribution in [-0.4, -0.2) is 22.0 Å². The number of aromatic nitrogens is 1. The summed E-state index contributed by atoms with van der Waals surface area (Å²) in [4.78, 5) is 27.8. The van der Waals surface area contributed by atoms with Gasteiger partial charge in [-0.3, -0.25) is 4.79 Å². The molecule has 0 radical (unpaired) electrons. The Bertz CT molecular complexity index is 1040. The molecule has 8 heteroatoms. The fraction of sp³-hybridized carbons (Fsp3) is 0. The number of nitrogens with zero attached hydrogens (tertiary/aromatic N) is 1. The second-order valence-corrected chi connectivity index (χ2v) is 6.29. The molecule has 5 nitrogen and oxygen atoms in total. The molecule has 0 bridgehead atoms. The van der Waals surface area contributed by atoms with Gasteiger partial charge in [0.15, 0.2) is 5.69 Å². The highest BCUT2D eigenvalue weighted by Crippen LogP contribution is 2.33. The highest BCUT2D eigenvalue weighted by atomic mass is 35.5. The van der Waals surface area contributed by atoms with Crippen LogP contribution in [0.2, 0.25) is 10.0 Å². The molecule has 27 heavy (non-hydrogen) atoms. The second kappa shape index (κ2) is 7.73. The molecule has 0 saturated heterocycles. The molecule has 1 amide bonds. The Kier molecular flexibility index (Phi) is 5.39. The van der Waals surface area contributed by atoms with Crippen molar-refractivity contribution in [2.45, 2.75) is 0 Å². The first-order valence-corrected chi connectivity index (χ1v) is 8.37. The van der Waals surface area contributed by atoms with E-state index >= 15 is 0 Å². The van der Waals surface area contributed by atoms with Crippen LogP contribution in [0.1, 0.15) is 20.8 Å². The summed E-state index contributed by atoms with van der Waals surface area (Å²) in [6.07, 6.45) is 1.31. The maximum Gasteiger partial charge on any atom is 0.356 e. The summed E-state index contributed by atoms with van der Waals surface area (Å²) in [5, 5.41) is 12.1. The number of pyridine rings is 1. The van der Waals surface area contributed by atoms with E-state index in [4.69, 9.17) is 23.2 Å². The SMILES string of the molecule is O=C(Nc1cccnc1C(=O)O)c1cc(Cl)c(Cl)cc1-c1ccc(F)cc1. The van der Waals surface area contributed by atoms with Crippen molar-refractivity contribution in [3.05, 3.63) is 81.8 Å². The maximum absolute atomic E-state index is 13.2. The Labute approximate surface area is 163 Å². The third-order valence-corrected chi connectivity index (χ3v) is 4.44. The van der Waals surface area contributed by atoms with Gasteiger partial charge >= 0.3 is 5.97 Å². The van der Waals surface area contributed by atoms with Crippen LogP contribution in [0.3, 0.4) is 0 Å². The lowest BCUT2D eigenvalue weighted by atomic mass is 9.99. The molecule has 1 heterocycles. The van der Waals surface area contributed by atoms with Crippen LogP contribution in [0.5, 0.6) is 0 Å². The van der Waals surface area contributed by atoms with Crippen LogP contribution >= 0.6 is 23.2 Å². The predicted molar refractivity (Wildman–Crippen MR) is 101 cm³/mol. The lowest BCUT2D eigenvalue weighted by molar-refractivity contribution is 0.0691. The summed E-state index contributed by atoms with van der Waals surface area (Å²) >= 11 is 12.1. The Hall–Kier alpha value is -2.96. The summed E-state index contributed by atoms with van der Waals surface area (Å²) in [5.74, 6) is -2.31. The minimum Gasteiger partial charge on any atom is -0.476 e. The van der Waals surface area contributed by atoms with Crippen molar-refractivity contribution in [2.24, 2.45) is 0 Å². The van der Waals surface area contributed by atoms with Crippen LogP contribution in [0.25, 0.3) is 11.1 Å². The van der Waals surface area contributed by atoms with Crippen molar-refractivity contribution in [3.63, 3.8) is 0 Å². The van der Waals surface area contributed by atoms with Gasteiger partial charge in [-0.15, -0.1) is 0 Å². The summed E-state index contributed by atoms with van der Waals surface area (Å²) in [5.41, 5.74) is 0.851. The number of anilines is 1. The van der Waals surface area contributed by atoms with Crippen molar-refractivity contribution in [1.82, 2.24) is 4.98 Å². The van der Waals surface area contributed by atoms with E-state index in [1.165, 1.54) is 54.7 Å². The predicted octanol–water partition coefficient (Wildman–Crippen LogP) is 5.15. The Balaban J connectivity index is 2.06. The van der Waals surface area contributed by atoms with Crippen LogP contribution in [0, 0.1) is 5.82 Å². The first-order chi connectivity index (χ1) is 12.9. The van der Waals surface area contributed by atoms with Gasteiger partial charge in [0.2, 0.25) is 0 Å². The number of carbonyl (C=O) groups is 2. The third-order valence-electron chi connectivity index (χ3n) is 3.72. The number of amides is 1. The normalized spacial score (nSPS) is 10.5. The number of nitrogens with one attached hydrogen (secondary N) is 1. The second-order valence-electron chi connectivity index (χ2n) is 5.48. The molecular weight excluding hydrogens is 394 g/mol. The molecule has 0 fully saturated rings. The maximum atomic E-state index is 13.2. The minimum absolute atomic E-state index is 0.0335. The number of benzene rings is 2. The van der Waals surface area contributed by atoms with Crippen molar-refractivity contribution < 1.29 is 19.1 Å². The first-order valence-electron chi connectivity index (χ1n) is 7.61. The molecule has 1 aromatic heterocycles. The molecule has 0 spiro atoms. The molecule has 2 aromatic carbocycles. The number of carboxylic acids is 1. The lowest BCUT2D eigenvalue weighted by Crippen LogP contribution is -2.16. The van der Waals surface area contributed by atoms with Gasteiger partial charge in [-0.2, -0.15) is 0 Å². The van der Waals surface area contributed by atoms with Gasteiger partial charge in [0, 0.05) is 11.8 Å².